The van der Waals surface area contributed by atoms with Crippen molar-refractivity contribution < 1.29 is 0 Å². The molecular weight excluding hydrogens is 220 g/mol. The molecule has 2 rings (SSSR count). The van der Waals surface area contributed by atoms with Gasteiger partial charge in [0.05, 0.1) is 0 Å². The van der Waals surface area contributed by atoms with Crippen molar-refractivity contribution in [2.75, 3.05) is 5.32 Å². The highest BCUT2D eigenvalue weighted by Crippen LogP contribution is 2.26. The molecule has 1 aromatic heterocycles. The Morgan fingerprint density at radius 2 is 2.22 bits per heavy atom. The van der Waals surface area contributed by atoms with Gasteiger partial charge in [-0.15, -0.1) is 0 Å². The molecule has 1 aliphatic rings. The third-order valence-corrected chi connectivity index (χ3v) is 3.41. The van der Waals surface area contributed by atoms with Crippen LogP contribution in [0.4, 0.5) is 5.82 Å². The lowest BCUT2D eigenvalue weighted by Crippen LogP contribution is -2.04. The summed E-state index contributed by atoms with van der Waals surface area (Å²) >= 11 is 0. The number of hydrogen-bond acceptors (Lipinski definition) is 2. The van der Waals surface area contributed by atoms with Crippen molar-refractivity contribution in [2.24, 2.45) is 0 Å². The predicted octanol–water partition coefficient (Wildman–Crippen LogP) is 4.55. The van der Waals surface area contributed by atoms with Crippen LogP contribution < -0.4 is 5.32 Å². The first-order chi connectivity index (χ1) is 8.72. The second-order valence-corrected chi connectivity index (χ2v) is 4.90. The highest BCUT2D eigenvalue weighted by molar-refractivity contribution is 5.61. The summed E-state index contributed by atoms with van der Waals surface area (Å²) in [4.78, 5) is 4.47. The smallest absolute Gasteiger partial charge is 0.130 e. The van der Waals surface area contributed by atoms with Gasteiger partial charge in [-0.25, -0.2) is 4.98 Å². The highest BCUT2D eigenvalue weighted by Gasteiger charge is 2.10. The first kappa shape index (κ1) is 12.9. The number of rotatable bonds is 5. The number of hydrogen-bond donors (Lipinski definition) is 1. The van der Waals surface area contributed by atoms with Gasteiger partial charge in [-0.1, -0.05) is 38.5 Å². The lowest BCUT2D eigenvalue weighted by atomic mass is 9.92. The predicted molar refractivity (Wildman–Crippen MR) is 78.5 cm³/mol. The average molecular weight is 242 g/mol. The van der Waals surface area contributed by atoms with E-state index in [9.17, 15) is 0 Å². The quantitative estimate of drug-likeness (QED) is 0.819. The van der Waals surface area contributed by atoms with Crippen molar-refractivity contribution in [1.29, 1.82) is 0 Å². The number of allylic oxidation sites excluding steroid dienone is 2. The third kappa shape index (κ3) is 3.00. The van der Waals surface area contributed by atoms with Crippen LogP contribution in [0.5, 0.6) is 0 Å². The van der Waals surface area contributed by atoms with E-state index < -0.39 is 0 Å². The van der Waals surface area contributed by atoms with Gasteiger partial charge in [-0.3, -0.25) is 0 Å². The zero-order valence-electron chi connectivity index (χ0n) is 11.4. The monoisotopic (exact) mass is 242 g/mol. The Morgan fingerprint density at radius 3 is 2.94 bits per heavy atom. The summed E-state index contributed by atoms with van der Waals surface area (Å²) in [5.41, 5.74) is 5.25. The van der Waals surface area contributed by atoms with E-state index in [2.05, 4.69) is 42.9 Å². The minimum Gasteiger partial charge on any atom is -0.344 e. The van der Waals surface area contributed by atoms with E-state index in [-0.39, 0.29) is 0 Å². The Hall–Kier alpha value is -1.57. The van der Waals surface area contributed by atoms with Gasteiger partial charge >= 0.3 is 0 Å². The Bertz CT molecular complexity index is 472. The van der Waals surface area contributed by atoms with Crippen molar-refractivity contribution >= 4 is 11.9 Å². The fraction of sp³-hybridized carbons (Fsp3) is 0.438. The summed E-state index contributed by atoms with van der Waals surface area (Å²) in [6.07, 6.45) is 9.84. The van der Waals surface area contributed by atoms with Gasteiger partial charge in [0.2, 0.25) is 0 Å². The summed E-state index contributed by atoms with van der Waals surface area (Å²) in [6.45, 7) is 8.39. The Balaban J connectivity index is 2.14. The molecule has 0 radical (unpaired) electrons. The molecule has 1 aromatic rings. The summed E-state index contributed by atoms with van der Waals surface area (Å²) in [7, 11) is 0. The Kier molecular flexibility index (Phi) is 4.19. The molecule has 0 atom stereocenters. The van der Waals surface area contributed by atoms with Crippen LogP contribution >= 0.6 is 0 Å². The second-order valence-electron chi connectivity index (χ2n) is 4.90. The van der Waals surface area contributed by atoms with Crippen LogP contribution in [0.15, 0.2) is 30.1 Å². The van der Waals surface area contributed by atoms with E-state index in [1.165, 1.54) is 23.1 Å². The van der Waals surface area contributed by atoms with Crippen LogP contribution in [0, 0.1) is 0 Å². The lowest BCUT2D eigenvalue weighted by Gasteiger charge is -2.17. The normalized spacial score (nSPS) is 13.8. The van der Waals surface area contributed by atoms with Gasteiger partial charge < -0.3 is 5.32 Å². The van der Waals surface area contributed by atoms with Crippen molar-refractivity contribution in [3.8, 4) is 0 Å². The van der Waals surface area contributed by atoms with Gasteiger partial charge in [0.15, 0.2) is 0 Å². The van der Waals surface area contributed by atoms with E-state index >= 15 is 0 Å². The van der Waals surface area contributed by atoms with Crippen LogP contribution in [0.3, 0.4) is 0 Å². The van der Waals surface area contributed by atoms with Gasteiger partial charge in [0.1, 0.15) is 5.82 Å². The number of pyridine rings is 1. The zero-order valence-corrected chi connectivity index (χ0v) is 11.4. The zero-order chi connectivity index (χ0) is 13.0. The van der Waals surface area contributed by atoms with E-state index in [0.717, 1.165) is 37.2 Å². The molecule has 1 N–H and O–H groups in total. The number of anilines is 1. The Morgan fingerprint density at radius 1 is 1.39 bits per heavy atom. The van der Waals surface area contributed by atoms with Crippen molar-refractivity contribution in [2.45, 2.75) is 46.0 Å². The summed E-state index contributed by atoms with van der Waals surface area (Å²) in [5, 5.41) is 3.29. The van der Waals surface area contributed by atoms with Gasteiger partial charge in [-0.2, -0.15) is 0 Å². The fourth-order valence-corrected chi connectivity index (χ4v) is 2.33. The van der Waals surface area contributed by atoms with Crippen molar-refractivity contribution in [1.82, 2.24) is 4.98 Å². The topological polar surface area (TPSA) is 24.9 Å². The maximum atomic E-state index is 4.47. The van der Waals surface area contributed by atoms with Crippen LogP contribution in [0.25, 0.3) is 6.08 Å². The average Bonchev–Trinajstić information content (AvgIpc) is 2.38. The second kappa shape index (κ2) is 5.85. The van der Waals surface area contributed by atoms with Crippen LogP contribution in [-0.2, 0) is 6.42 Å². The van der Waals surface area contributed by atoms with Gasteiger partial charge in [0.25, 0.3) is 0 Å². The molecule has 0 bridgehead atoms. The van der Waals surface area contributed by atoms with E-state index in [4.69, 9.17) is 0 Å². The number of aromatic nitrogens is 1. The standard InChI is InChI=1S/C16H22N2/c1-4-6-12(3)18-16-10-14-8-7-13(5-2)9-15(14)11-17-16/h9-11H,3-8H2,1-2H3,(H,17,18). The maximum absolute atomic E-state index is 4.47. The first-order valence-corrected chi connectivity index (χ1v) is 6.86. The molecule has 0 aromatic carbocycles. The highest BCUT2D eigenvalue weighted by atomic mass is 15.0. The van der Waals surface area contributed by atoms with E-state index in [1.807, 2.05) is 6.20 Å². The van der Waals surface area contributed by atoms with Gasteiger partial charge in [0, 0.05) is 11.9 Å². The molecule has 1 heterocycles. The first-order valence-electron chi connectivity index (χ1n) is 6.86. The lowest BCUT2D eigenvalue weighted by molar-refractivity contribution is 0.871. The van der Waals surface area contributed by atoms with E-state index in [1.54, 1.807) is 0 Å². The fourth-order valence-electron chi connectivity index (χ4n) is 2.33. The molecule has 2 nitrogen and oxygen atoms in total. The van der Waals surface area contributed by atoms with Gasteiger partial charge in [-0.05, 0) is 42.9 Å². The molecule has 0 spiro atoms. The van der Waals surface area contributed by atoms with Crippen LogP contribution in [0.1, 0.15) is 50.7 Å². The largest absolute Gasteiger partial charge is 0.344 e. The number of aryl methyl sites for hydroxylation is 1. The number of nitrogens with one attached hydrogen (secondary N) is 1. The SMILES string of the molecule is C=C(CCC)Nc1cc2c(cn1)C=C(CC)CC2. The molecule has 18 heavy (non-hydrogen) atoms. The summed E-state index contributed by atoms with van der Waals surface area (Å²) < 4.78 is 0. The molecule has 0 fully saturated rings. The minimum absolute atomic E-state index is 0.931. The Labute approximate surface area is 110 Å². The van der Waals surface area contributed by atoms with E-state index in [0.29, 0.717) is 0 Å². The molecule has 0 amide bonds. The summed E-state index contributed by atoms with van der Waals surface area (Å²) in [5.74, 6) is 0.931. The molecule has 0 aliphatic heterocycles. The molecule has 96 valence electrons. The van der Waals surface area contributed by atoms with Crippen molar-refractivity contribution in [3.63, 3.8) is 0 Å². The van der Waals surface area contributed by atoms with Crippen molar-refractivity contribution in [3.05, 3.63) is 41.2 Å². The van der Waals surface area contributed by atoms with Crippen LogP contribution in [-0.4, -0.2) is 4.98 Å². The van der Waals surface area contributed by atoms with Crippen LogP contribution in [0.2, 0.25) is 0 Å². The molecule has 0 saturated heterocycles. The number of fused-ring (bicyclic) bond motifs is 1. The molecular formula is C16H22N2. The molecule has 0 saturated carbocycles. The summed E-state index contributed by atoms with van der Waals surface area (Å²) in [6, 6.07) is 2.17. The number of nitrogens with zero attached hydrogens (tertiary/aromatic N) is 1. The third-order valence-electron chi connectivity index (χ3n) is 3.41. The molecule has 1 aliphatic carbocycles. The maximum Gasteiger partial charge on any atom is 0.130 e. The molecule has 0 unspecified atom stereocenters. The molecule has 2 heteroatoms. The minimum atomic E-state index is 0.931.